The van der Waals surface area contributed by atoms with Crippen molar-refractivity contribution in [1.82, 2.24) is 18.9 Å². The van der Waals surface area contributed by atoms with Crippen molar-refractivity contribution >= 4 is 11.8 Å². The third kappa shape index (κ3) is 3.73. The number of likely N-dealkylation sites (tertiary alicyclic amines) is 1. The summed E-state index contributed by atoms with van der Waals surface area (Å²) in [7, 11) is 0. The van der Waals surface area contributed by atoms with Gasteiger partial charge in [0.15, 0.2) is 5.69 Å². The van der Waals surface area contributed by atoms with Gasteiger partial charge in [0.25, 0.3) is 11.5 Å². The monoisotopic (exact) mass is 430 g/mol. The number of hydrogen-bond donors (Lipinski definition) is 1. The van der Waals surface area contributed by atoms with Gasteiger partial charge in [-0.25, -0.2) is 9.18 Å². The Balaban J connectivity index is 1.64. The summed E-state index contributed by atoms with van der Waals surface area (Å²) in [6.45, 7) is 2.80. The highest BCUT2D eigenvalue weighted by atomic mass is 19.1. The number of hydrogen-bond acceptors (Lipinski definition) is 5. The number of halogens is 1. The smallest absolute Gasteiger partial charge is 0.332 e. The molecule has 1 aromatic carbocycles. The molecule has 10 heteroatoms. The molecule has 4 rings (SSSR count). The van der Waals surface area contributed by atoms with Crippen LogP contribution in [0.3, 0.4) is 0 Å². The molecule has 2 aliphatic heterocycles. The van der Waals surface area contributed by atoms with E-state index in [4.69, 9.17) is 0 Å². The number of amides is 2. The van der Waals surface area contributed by atoms with Crippen LogP contribution in [0, 0.1) is 5.82 Å². The third-order valence-electron chi connectivity index (χ3n) is 6.00. The SMILES string of the molecule is CC(=O)N1CCC(n2c(=O)c(O)c3n(c2=O)CCN(Cc2ccc(F)cc2)C3=O)CC1. The average molecular weight is 430 g/mol. The fraction of sp³-hybridized carbons (Fsp3) is 0.429. The number of benzene rings is 1. The van der Waals surface area contributed by atoms with Gasteiger partial charge in [-0.1, -0.05) is 12.1 Å². The highest BCUT2D eigenvalue weighted by Crippen LogP contribution is 2.23. The van der Waals surface area contributed by atoms with Gasteiger partial charge in [0.1, 0.15) is 5.82 Å². The zero-order valence-electron chi connectivity index (χ0n) is 17.1. The summed E-state index contributed by atoms with van der Waals surface area (Å²) >= 11 is 0. The first kappa shape index (κ1) is 20.8. The zero-order chi connectivity index (χ0) is 22.3. The molecule has 0 bridgehead atoms. The fourth-order valence-electron chi connectivity index (χ4n) is 4.27. The zero-order valence-corrected chi connectivity index (χ0v) is 17.1. The van der Waals surface area contributed by atoms with Crippen molar-refractivity contribution in [2.24, 2.45) is 0 Å². The standard InChI is InChI=1S/C21H23FN4O5/c1-13(27)23-8-6-16(7-9-23)26-20(30)18(28)17-19(29)24(10-11-25(17)21(26)31)12-14-2-4-15(22)5-3-14/h2-5,16,28H,6-12H2,1H3. The maximum Gasteiger partial charge on any atom is 0.332 e. The molecule has 2 aromatic rings. The normalized spacial score (nSPS) is 17.0. The molecular formula is C21H23FN4O5. The summed E-state index contributed by atoms with van der Waals surface area (Å²) < 4.78 is 15.3. The lowest BCUT2D eigenvalue weighted by atomic mass is 10.0. The number of carbonyl (C=O) groups is 2. The van der Waals surface area contributed by atoms with Gasteiger partial charge in [0.2, 0.25) is 11.7 Å². The lowest BCUT2D eigenvalue weighted by molar-refractivity contribution is -0.130. The van der Waals surface area contributed by atoms with Crippen LogP contribution in [0.25, 0.3) is 0 Å². The number of piperidine rings is 1. The van der Waals surface area contributed by atoms with Gasteiger partial charge in [0, 0.05) is 45.7 Å². The van der Waals surface area contributed by atoms with Gasteiger partial charge in [-0.3, -0.25) is 23.5 Å². The maximum absolute atomic E-state index is 13.1. The average Bonchev–Trinajstić information content (AvgIpc) is 2.75. The summed E-state index contributed by atoms with van der Waals surface area (Å²) in [4.78, 5) is 53.4. The Morgan fingerprint density at radius 2 is 1.71 bits per heavy atom. The van der Waals surface area contributed by atoms with Crippen LogP contribution in [0.5, 0.6) is 5.75 Å². The van der Waals surface area contributed by atoms with Gasteiger partial charge >= 0.3 is 5.69 Å². The lowest BCUT2D eigenvalue weighted by Gasteiger charge is -2.34. The summed E-state index contributed by atoms with van der Waals surface area (Å²) in [5, 5.41) is 10.6. The molecule has 31 heavy (non-hydrogen) atoms. The van der Waals surface area contributed by atoms with E-state index >= 15 is 0 Å². The van der Waals surface area contributed by atoms with E-state index in [-0.39, 0.29) is 31.2 Å². The van der Waals surface area contributed by atoms with Crippen molar-refractivity contribution in [3.63, 3.8) is 0 Å². The van der Waals surface area contributed by atoms with E-state index < -0.39 is 34.8 Å². The molecule has 0 radical (unpaired) electrons. The van der Waals surface area contributed by atoms with Gasteiger partial charge in [0.05, 0.1) is 0 Å². The Bertz CT molecular complexity index is 1150. The number of rotatable bonds is 3. The molecule has 3 heterocycles. The molecule has 1 saturated heterocycles. The summed E-state index contributed by atoms with van der Waals surface area (Å²) in [6, 6.07) is 5.22. The highest BCUT2D eigenvalue weighted by molar-refractivity contribution is 5.95. The second-order valence-corrected chi connectivity index (χ2v) is 7.90. The third-order valence-corrected chi connectivity index (χ3v) is 6.00. The van der Waals surface area contributed by atoms with Crippen LogP contribution in [-0.4, -0.2) is 55.5 Å². The number of carbonyl (C=O) groups excluding carboxylic acids is 2. The van der Waals surface area contributed by atoms with Crippen LogP contribution in [0.15, 0.2) is 33.9 Å². The summed E-state index contributed by atoms with van der Waals surface area (Å²) in [5.41, 5.74) is -1.15. The van der Waals surface area contributed by atoms with Crippen LogP contribution in [0.1, 0.15) is 41.9 Å². The Morgan fingerprint density at radius 3 is 2.32 bits per heavy atom. The van der Waals surface area contributed by atoms with E-state index in [1.54, 1.807) is 17.0 Å². The molecule has 0 unspecified atom stereocenters. The lowest BCUT2D eigenvalue weighted by Crippen LogP contribution is -2.52. The molecule has 164 valence electrons. The van der Waals surface area contributed by atoms with E-state index in [9.17, 15) is 28.7 Å². The number of nitrogens with zero attached hydrogens (tertiary/aromatic N) is 4. The summed E-state index contributed by atoms with van der Waals surface area (Å²) in [6.07, 6.45) is 0.830. The topological polar surface area (TPSA) is 105 Å². The minimum absolute atomic E-state index is 0.0670. The van der Waals surface area contributed by atoms with Crippen LogP contribution in [-0.2, 0) is 17.9 Å². The van der Waals surface area contributed by atoms with Gasteiger partial charge < -0.3 is 14.9 Å². The predicted octanol–water partition coefficient (Wildman–Crippen LogP) is 0.694. The molecule has 1 aromatic heterocycles. The fourth-order valence-corrected chi connectivity index (χ4v) is 4.27. The van der Waals surface area contributed by atoms with Crippen LogP contribution in [0.2, 0.25) is 0 Å². The van der Waals surface area contributed by atoms with Crippen molar-refractivity contribution in [2.45, 2.75) is 38.9 Å². The Kier molecular flexibility index (Phi) is 5.38. The Labute approximate surface area is 176 Å². The van der Waals surface area contributed by atoms with E-state index in [0.717, 1.165) is 9.13 Å². The van der Waals surface area contributed by atoms with E-state index in [0.29, 0.717) is 31.5 Å². The molecule has 0 atom stereocenters. The molecule has 9 nitrogen and oxygen atoms in total. The first-order chi connectivity index (χ1) is 14.8. The predicted molar refractivity (Wildman–Crippen MR) is 108 cm³/mol. The number of fused-ring (bicyclic) bond motifs is 1. The number of aromatic nitrogens is 2. The van der Waals surface area contributed by atoms with E-state index in [1.807, 2.05) is 0 Å². The van der Waals surface area contributed by atoms with Crippen LogP contribution >= 0.6 is 0 Å². The second kappa shape index (κ2) is 8.01. The first-order valence-corrected chi connectivity index (χ1v) is 10.2. The Hall–Kier alpha value is -3.43. The van der Waals surface area contributed by atoms with Gasteiger partial charge in [-0.2, -0.15) is 0 Å². The quantitative estimate of drug-likeness (QED) is 0.772. The molecule has 0 spiro atoms. The van der Waals surface area contributed by atoms with Crippen LogP contribution in [0.4, 0.5) is 4.39 Å². The maximum atomic E-state index is 13.1. The Morgan fingerprint density at radius 1 is 1.06 bits per heavy atom. The van der Waals surface area contributed by atoms with Crippen molar-refractivity contribution in [3.8, 4) is 5.75 Å². The van der Waals surface area contributed by atoms with Crippen molar-refractivity contribution in [2.75, 3.05) is 19.6 Å². The molecule has 2 aliphatic rings. The second-order valence-electron chi connectivity index (χ2n) is 7.90. The minimum Gasteiger partial charge on any atom is -0.501 e. The van der Waals surface area contributed by atoms with E-state index in [2.05, 4.69) is 0 Å². The molecule has 2 amide bonds. The van der Waals surface area contributed by atoms with Gasteiger partial charge in [-0.15, -0.1) is 0 Å². The first-order valence-electron chi connectivity index (χ1n) is 10.2. The minimum atomic E-state index is -0.894. The van der Waals surface area contributed by atoms with E-state index in [1.165, 1.54) is 24.0 Å². The van der Waals surface area contributed by atoms with Gasteiger partial charge in [-0.05, 0) is 30.5 Å². The molecular weight excluding hydrogens is 407 g/mol. The van der Waals surface area contributed by atoms with Crippen molar-refractivity contribution in [3.05, 3.63) is 62.2 Å². The van der Waals surface area contributed by atoms with Crippen LogP contribution < -0.4 is 11.2 Å². The highest BCUT2D eigenvalue weighted by Gasteiger charge is 2.34. The molecule has 0 saturated carbocycles. The van der Waals surface area contributed by atoms with Crippen molar-refractivity contribution in [1.29, 1.82) is 0 Å². The molecule has 1 N–H and O–H groups in total. The summed E-state index contributed by atoms with van der Waals surface area (Å²) in [5.74, 6) is -1.83. The largest absolute Gasteiger partial charge is 0.501 e. The molecule has 0 aliphatic carbocycles. The number of aromatic hydroxyl groups is 1. The van der Waals surface area contributed by atoms with Crippen molar-refractivity contribution < 1.29 is 19.1 Å². The molecule has 1 fully saturated rings.